The minimum absolute atomic E-state index is 0.0921. The minimum Gasteiger partial charge on any atom is -0.392 e. The first-order valence-electron chi connectivity index (χ1n) is 7.23. The number of nitrogens with zero attached hydrogens (tertiary/aromatic N) is 2. The lowest BCUT2D eigenvalue weighted by molar-refractivity contribution is 0.198. The van der Waals surface area contributed by atoms with Crippen LogP contribution in [0.25, 0.3) is 0 Å². The first-order chi connectivity index (χ1) is 8.90. The second-order valence-corrected chi connectivity index (χ2v) is 6.76. The number of pyridine rings is 1. The molecule has 0 aromatic carbocycles. The summed E-state index contributed by atoms with van der Waals surface area (Å²) < 4.78 is 0. The van der Waals surface area contributed by atoms with Gasteiger partial charge in [-0.25, -0.2) is 4.98 Å². The van der Waals surface area contributed by atoms with Gasteiger partial charge in [-0.3, -0.25) is 0 Å². The molecule has 0 atom stereocenters. The lowest BCUT2D eigenvalue weighted by Gasteiger charge is -2.39. The average molecular weight is 262 g/mol. The van der Waals surface area contributed by atoms with Crippen LogP contribution < -0.4 is 4.90 Å². The maximum atomic E-state index is 9.29. The zero-order chi connectivity index (χ0) is 14.0. The fraction of sp³-hybridized carbons (Fsp3) is 0.688. The average Bonchev–Trinajstić information content (AvgIpc) is 2.37. The Kier molecular flexibility index (Phi) is 4.14. The highest BCUT2D eigenvalue weighted by Gasteiger charge is 2.29. The highest BCUT2D eigenvalue weighted by Crippen LogP contribution is 2.35. The number of aliphatic hydroxyl groups excluding tert-OH is 1. The van der Waals surface area contributed by atoms with Crippen molar-refractivity contribution >= 4 is 5.82 Å². The molecule has 1 aliphatic rings. The molecule has 1 N–H and O–H groups in total. The Bertz CT molecular complexity index is 429. The van der Waals surface area contributed by atoms with E-state index in [0.717, 1.165) is 36.1 Å². The highest BCUT2D eigenvalue weighted by molar-refractivity contribution is 5.43. The van der Waals surface area contributed by atoms with Crippen LogP contribution in [-0.4, -0.2) is 23.2 Å². The molecule has 1 aromatic rings. The first kappa shape index (κ1) is 14.3. The third kappa shape index (κ3) is 3.47. The van der Waals surface area contributed by atoms with Crippen LogP contribution in [0.15, 0.2) is 12.1 Å². The molecule has 0 saturated carbocycles. The Morgan fingerprint density at radius 2 is 1.89 bits per heavy atom. The van der Waals surface area contributed by atoms with Crippen molar-refractivity contribution in [2.75, 3.05) is 18.0 Å². The fourth-order valence-corrected chi connectivity index (χ4v) is 2.95. The molecule has 1 aromatic heterocycles. The van der Waals surface area contributed by atoms with Crippen molar-refractivity contribution in [3.63, 3.8) is 0 Å². The molecule has 0 unspecified atom stereocenters. The minimum atomic E-state index is 0.0921. The highest BCUT2D eigenvalue weighted by atomic mass is 16.3. The van der Waals surface area contributed by atoms with Crippen LogP contribution in [0.3, 0.4) is 0 Å². The molecule has 3 heteroatoms. The predicted octanol–water partition coefficient (Wildman–Crippen LogP) is 3.14. The van der Waals surface area contributed by atoms with Crippen LogP contribution in [0.4, 0.5) is 5.82 Å². The molecule has 0 bridgehead atoms. The molecule has 19 heavy (non-hydrogen) atoms. The standard InChI is InChI=1S/C16H26N2O/c1-12-9-13(11-19)10-15(17-12)18-7-5-14(6-8-18)16(2,3)4/h9-10,14,19H,5-8,11H2,1-4H3. The van der Waals surface area contributed by atoms with Crippen molar-refractivity contribution in [2.24, 2.45) is 11.3 Å². The molecule has 106 valence electrons. The Morgan fingerprint density at radius 1 is 1.26 bits per heavy atom. The molecular weight excluding hydrogens is 236 g/mol. The first-order valence-corrected chi connectivity index (χ1v) is 7.23. The van der Waals surface area contributed by atoms with Gasteiger partial charge in [0.1, 0.15) is 5.82 Å². The van der Waals surface area contributed by atoms with Gasteiger partial charge in [-0.1, -0.05) is 20.8 Å². The van der Waals surface area contributed by atoms with Gasteiger partial charge in [0.15, 0.2) is 0 Å². The largest absolute Gasteiger partial charge is 0.392 e. The molecule has 0 aliphatic carbocycles. The van der Waals surface area contributed by atoms with Gasteiger partial charge in [0.25, 0.3) is 0 Å². The fourth-order valence-electron chi connectivity index (χ4n) is 2.95. The van der Waals surface area contributed by atoms with Crippen LogP contribution in [0.1, 0.15) is 44.9 Å². The van der Waals surface area contributed by atoms with Crippen LogP contribution in [0.2, 0.25) is 0 Å². The van der Waals surface area contributed by atoms with E-state index in [-0.39, 0.29) is 6.61 Å². The maximum Gasteiger partial charge on any atom is 0.129 e. The number of rotatable bonds is 2. The lowest BCUT2D eigenvalue weighted by Crippen LogP contribution is -2.38. The quantitative estimate of drug-likeness (QED) is 0.889. The lowest BCUT2D eigenvalue weighted by atomic mass is 9.75. The molecule has 1 saturated heterocycles. The molecule has 0 amide bonds. The van der Waals surface area contributed by atoms with E-state index >= 15 is 0 Å². The zero-order valence-corrected chi connectivity index (χ0v) is 12.6. The summed E-state index contributed by atoms with van der Waals surface area (Å²) in [7, 11) is 0. The second kappa shape index (κ2) is 5.49. The van der Waals surface area contributed by atoms with E-state index in [2.05, 4.69) is 30.7 Å². The van der Waals surface area contributed by atoms with Gasteiger partial charge in [0.05, 0.1) is 6.61 Å². The Balaban J connectivity index is 2.07. The summed E-state index contributed by atoms with van der Waals surface area (Å²) in [5, 5.41) is 9.29. The maximum absolute atomic E-state index is 9.29. The number of piperidine rings is 1. The number of aliphatic hydroxyl groups is 1. The third-order valence-corrected chi connectivity index (χ3v) is 4.23. The number of anilines is 1. The van der Waals surface area contributed by atoms with E-state index < -0.39 is 0 Å². The summed E-state index contributed by atoms with van der Waals surface area (Å²) in [4.78, 5) is 6.96. The Hall–Kier alpha value is -1.09. The molecule has 1 aliphatic heterocycles. The summed E-state index contributed by atoms with van der Waals surface area (Å²) in [5.41, 5.74) is 2.35. The summed E-state index contributed by atoms with van der Waals surface area (Å²) in [6.07, 6.45) is 2.46. The van der Waals surface area contributed by atoms with E-state index in [0.29, 0.717) is 5.41 Å². The number of hydrogen-bond acceptors (Lipinski definition) is 3. The SMILES string of the molecule is Cc1cc(CO)cc(N2CCC(C(C)(C)C)CC2)n1. The normalized spacial score (nSPS) is 17.8. The second-order valence-electron chi connectivity index (χ2n) is 6.76. The molecule has 2 heterocycles. The molecular formula is C16H26N2O. The van der Waals surface area contributed by atoms with Gasteiger partial charge >= 0.3 is 0 Å². The van der Waals surface area contributed by atoms with Gasteiger partial charge in [-0.05, 0) is 48.8 Å². The van der Waals surface area contributed by atoms with Crippen molar-refractivity contribution < 1.29 is 5.11 Å². The monoisotopic (exact) mass is 262 g/mol. The predicted molar refractivity (Wildman–Crippen MR) is 79.3 cm³/mol. The smallest absolute Gasteiger partial charge is 0.129 e. The molecule has 2 rings (SSSR count). The number of aryl methyl sites for hydroxylation is 1. The van der Waals surface area contributed by atoms with Crippen molar-refractivity contribution in [3.8, 4) is 0 Å². The summed E-state index contributed by atoms with van der Waals surface area (Å²) in [6, 6.07) is 3.97. The number of hydrogen-bond donors (Lipinski definition) is 1. The Labute approximate surface area is 116 Å². The van der Waals surface area contributed by atoms with Crippen molar-refractivity contribution in [1.82, 2.24) is 4.98 Å². The van der Waals surface area contributed by atoms with E-state index in [4.69, 9.17) is 0 Å². The molecule has 0 spiro atoms. The van der Waals surface area contributed by atoms with Crippen molar-refractivity contribution in [3.05, 3.63) is 23.4 Å². The Morgan fingerprint density at radius 3 is 2.42 bits per heavy atom. The van der Waals surface area contributed by atoms with Crippen LogP contribution in [0, 0.1) is 18.3 Å². The zero-order valence-electron chi connectivity index (χ0n) is 12.6. The van der Waals surface area contributed by atoms with Gasteiger partial charge in [0.2, 0.25) is 0 Å². The summed E-state index contributed by atoms with van der Waals surface area (Å²) in [5.74, 6) is 1.82. The van der Waals surface area contributed by atoms with Crippen molar-refractivity contribution in [2.45, 2.75) is 47.1 Å². The molecule has 3 nitrogen and oxygen atoms in total. The van der Waals surface area contributed by atoms with Crippen LogP contribution >= 0.6 is 0 Å². The van der Waals surface area contributed by atoms with Crippen LogP contribution in [0.5, 0.6) is 0 Å². The van der Waals surface area contributed by atoms with E-state index in [1.807, 2.05) is 19.1 Å². The van der Waals surface area contributed by atoms with E-state index in [1.165, 1.54) is 12.8 Å². The molecule has 1 fully saturated rings. The van der Waals surface area contributed by atoms with Gasteiger partial charge in [0, 0.05) is 18.8 Å². The topological polar surface area (TPSA) is 36.4 Å². The van der Waals surface area contributed by atoms with Crippen LogP contribution in [-0.2, 0) is 6.61 Å². The number of aromatic nitrogens is 1. The molecule has 0 radical (unpaired) electrons. The van der Waals surface area contributed by atoms with E-state index in [1.54, 1.807) is 0 Å². The van der Waals surface area contributed by atoms with Gasteiger partial charge < -0.3 is 10.0 Å². The van der Waals surface area contributed by atoms with E-state index in [9.17, 15) is 5.11 Å². The van der Waals surface area contributed by atoms with Gasteiger partial charge in [-0.15, -0.1) is 0 Å². The van der Waals surface area contributed by atoms with Crippen molar-refractivity contribution in [1.29, 1.82) is 0 Å². The van der Waals surface area contributed by atoms with Gasteiger partial charge in [-0.2, -0.15) is 0 Å². The summed E-state index contributed by atoms with van der Waals surface area (Å²) in [6.45, 7) is 11.2. The summed E-state index contributed by atoms with van der Waals surface area (Å²) >= 11 is 0. The third-order valence-electron chi connectivity index (χ3n) is 4.23.